The third-order valence-corrected chi connectivity index (χ3v) is 2.80. The fourth-order valence-electron chi connectivity index (χ4n) is 1.89. The standard InChI is InChI=1S/C11H4F7NO2/c12-6-5(11(16,17)18)7(13)9(15)10(8(6)14)19-3(20)1-2-4(19)21/h1-2H2. The van der Waals surface area contributed by atoms with Gasteiger partial charge in [-0.25, -0.2) is 22.5 Å². The average Bonchev–Trinajstić information content (AvgIpc) is 2.67. The summed E-state index contributed by atoms with van der Waals surface area (Å²) in [6.45, 7) is 0. The Labute approximate surface area is 111 Å². The molecule has 0 radical (unpaired) electrons. The third-order valence-electron chi connectivity index (χ3n) is 2.80. The maximum Gasteiger partial charge on any atom is 0.422 e. The minimum atomic E-state index is -5.69. The molecule has 0 unspecified atom stereocenters. The SMILES string of the molecule is O=C1CCC(=O)N1c1c(F)c(F)c(C(F)(F)F)c(F)c1F. The van der Waals surface area contributed by atoms with Gasteiger partial charge in [-0.3, -0.25) is 9.59 Å². The number of anilines is 1. The van der Waals surface area contributed by atoms with Crippen molar-refractivity contribution < 1.29 is 40.3 Å². The van der Waals surface area contributed by atoms with Gasteiger partial charge in [0.1, 0.15) is 11.3 Å². The van der Waals surface area contributed by atoms with Gasteiger partial charge < -0.3 is 0 Å². The van der Waals surface area contributed by atoms with Gasteiger partial charge in [-0.15, -0.1) is 0 Å². The van der Waals surface area contributed by atoms with Crippen LogP contribution in [0.1, 0.15) is 18.4 Å². The summed E-state index contributed by atoms with van der Waals surface area (Å²) in [5.41, 5.74) is -4.54. The molecule has 0 aliphatic carbocycles. The van der Waals surface area contributed by atoms with Gasteiger partial charge >= 0.3 is 6.18 Å². The molecule has 1 aromatic rings. The second kappa shape index (κ2) is 4.71. The van der Waals surface area contributed by atoms with Crippen LogP contribution in [0.3, 0.4) is 0 Å². The molecule has 114 valence electrons. The highest BCUT2D eigenvalue weighted by atomic mass is 19.4. The van der Waals surface area contributed by atoms with E-state index in [0.717, 1.165) is 0 Å². The Morgan fingerprint density at radius 3 is 1.48 bits per heavy atom. The van der Waals surface area contributed by atoms with Gasteiger partial charge in [-0.05, 0) is 0 Å². The third kappa shape index (κ3) is 2.24. The molecule has 0 aromatic heterocycles. The number of alkyl halides is 3. The summed E-state index contributed by atoms with van der Waals surface area (Å²) in [6, 6.07) is 0. The lowest BCUT2D eigenvalue weighted by molar-refractivity contribution is -0.143. The summed E-state index contributed by atoms with van der Waals surface area (Å²) in [4.78, 5) is 22.4. The van der Waals surface area contributed by atoms with Crippen molar-refractivity contribution in [2.24, 2.45) is 0 Å². The van der Waals surface area contributed by atoms with Gasteiger partial charge in [0.15, 0.2) is 23.3 Å². The highest BCUT2D eigenvalue weighted by molar-refractivity contribution is 6.19. The lowest BCUT2D eigenvalue weighted by Gasteiger charge is -2.19. The zero-order valence-electron chi connectivity index (χ0n) is 9.82. The lowest BCUT2D eigenvalue weighted by Crippen LogP contribution is -2.32. The monoisotopic (exact) mass is 315 g/mol. The molecule has 21 heavy (non-hydrogen) atoms. The number of carbonyl (C=O) groups is 2. The number of carbonyl (C=O) groups excluding carboxylic acids is 2. The van der Waals surface area contributed by atoms with Crippen LogP contribution in [-0.4, -0.2) is 11.8 Å². The predicted molar refractivity (Wildman–Crippen MR) is 53.0 cm³/mol. The van der Waals surface area contributed by atoms with E-state index in [-0.39, 0.29) is 4.90 Å². The number of halogens is 7. The van der Waals surface area contributed by atoms with Crippen molar-refractivity contribution in [3.05, 3.63) is 28.8 Å². The highest BCUT2D eigenvalue weighted by Crippen LogP contribution is 2.40. The number of imide groups is 1. The molecule has 10 heteroatoms. The molecule has 2 amide bonds. The predicted octanol–water partition coefficient (Wildman–Crippen LogP) is 2.92. The van der Waals surface area contributed by atoms with Crippen molar-refractivity contribution in [3.8, 4) is 0 Å². The van der Waals surface area contributed by atoms with Gasteiger partial charge in [-0.1, -0.05) is 0 Å². The zero-order valence-corrected chi connectivity index (χ0v) is 9.82. The quantitative estimate of drug-likeness (QED) is 0.454. The van der Waals surface area contributed by atoms with Crippen LogP contribution in [-0.2, 0) is 15.8 Å². The summed E-state index contributed by atoms with van der Waals surface area (Å²) in [5.74, 6) is -12.7. The topological polar surface area (TPSA) is 37.4 Å². The molecular weight excluding hydrogens is 311 g/mol. The molecule has 0 spiro atoms. The normalized spacial score (nSPS) is 16.0. The van der Waals surface area contributed by atoms with E-state index in [1.165, 1.54) is 0 Å². The molecule has 3 nitrogen and oxygen atoms in total. The summed E-state index contributed by atoms with van der Waals surface area (Å²) in [5, 5.41) is 0. The van der Waals surface area contributed by atoms with Gasteiger partial charge in [-0.2, -0.15) is 13.2 Å². The Morgan fingerprint density at radius 2 is 1.14 bits per heavy atom. The molecule has 1 heterocycles. The number of nitrogens with zero attached hydrogens (tertiary/aromatic N) is 1. The van der Waals surface area contributed by atoms with Crippen LogP contribution in [0.2, 0.25) is 0 Å². The summed E-state index contributed by atoms with van der Waals surface area (Å²) >= 11 is 0. The molecule has 1 fully saturated rings. The number of benzene rings is 1. The van der Waals surface area contributed by atoms with Crippen LogP contribution >= 0.6 is 0 Å². The van der Waals surface area contributed by atoms with Gasteiger partial charge in [0.2, 0.25) is 11.8 Å². The fraction of sp³-hybridized carbons (Fsp3) is 0.273. The molecular formula is C11H4F7NO2. The number of amides is 2. The smallest absolute Gasteiger partial charge is 0.274 e. The van der Waals surface area contributed by atoms with E-state index >= 15 is 0 Å². The second-order valence-corrected chi connectivity index (χ2v) is 4.10. The first kappa shape index (κ1) is 15.3. The minimum Gasteiger partial charge on any atom is -0.274 e. The van der Waals surface area contributed by atoms with E-state index in [0.29, 0.717) is 0 Å². The molecule has 1 saturated heterocycles. The maximum atomic E-state index is 13.6. The van der Waals surface area contributed by atoms with Gasteiger partial charge in [0.05, 0.1) is 0 Å². The fourth-order valence-corrected chi connectivity index (χ4v) is 1.89. The molecule has 0 saturated carbocycles. The van der Waals surface area contributed by atoms with E-state index in [9.17, 15) is 40.3 Å². The zero-order chi connectivity index (χ0) is 16.1. The molecule has 1 aliphatic rings. The Hall–Kier alpha value is -2.13. The Balaban J connectivity index is 2.77. The van der Waals surface area contributed by atoms with E-state index in [2.05, 4.69) is 0 Å². The molecule has 0 atom stereocenters. The van der Waals surface area contributed by atoms with Crippen LogP contribution in [0.4, 0.5) is 36.4 Å². The molecule has 1 aromatic carbocycles. The number of rotatable bonds is 1. The minimum absolute atomic E-state index is 0.197. The highest BCUT2D eigenvalue weighted by Gasteiger charge is 2.45. The maximum absolute atomic E-state index is 13.6. The van der Waals surface area contributed by atoms with Crippen molar-refractivity contribution in [1.82, 2.24) is 0 Å². The van der Waals surface area contributed by atoms with Crippen molar-refractivity contribution in [2.75, 3.05) is 4.90 Å². The number of hydrogen-bond donors (Lipinski definition) is 0. The van der Waals surface area contributed by atoms with E-state index in [4.69, 9.17) is 0 Å². The van der Waals surface area contributed by atoms with Gasteiger partial charge in [0.25, 0.3) is 0 Å². The lowest BCUT2D eigenvalue weighted by atomic mass is 10.1. The first-order chi connectivity index (χ1) is 9.57. The van der Waals surface area contributed by atoms with Crippen LogP contribution < -0.4 is 4.90 Å². The molecule has 0 bridgehead atoms. The molecule has 0 N–H and O–H groups in total. The largest absolute Gasteiger partial charge is 0.422 e. The summed E-state index contributed by atoms with van der Waals surface area (Å²) in [7, 11) is 0. The van der Waals surface area contributed by atoms with Crippen molar-refractivity contribution in [3.63, 3.8) is 0 Å². The Kier molecular flexibility index (Phi) is 3.42. The average molecular weight is 315 g/mol. The van der Waals surface area contributed by atoms with Crippen molar-refractivity contribution >= 4 is 17.5 Å². The first-order valence-corrected chi connectivity index (χ1v) is 5.36. The van der Waals surface area contributed by atoms with Crippen LogP contribution in [0.25, 0.3) is 0 Å². The van der Waals surface area contributed by atoms with E-state index < -0.39 is 65.4 Å². The second-order valence-electron chi connectivity index (χ2n) is 4.10. The number of hydrogen-bond acceptors (Lipinski definition) is 2. The summed E-state index contributed by atoms with van der Waals surface area (Å²) < 4.78 is 91.0. The van der Waals surface area contributed by atoms with Crippen molar-refractivity contribution in [1.29, 1.82) is 0 Å². The van der Waals surface area contributed by atoms with Crippen molar-refractivity contribution in [2.45, 2.75) is 19.0 Å². The molecule has 2 rings (SSSR count). The van der Waals surface area contributed by atoms with E-state index in [1.54, 1.807) is 0 Å². The summed E-state index contributed by atoms with van der Waals surface area (Å²) in [6.07, 6.45) is -6.63. The Bertz CT molecular complexity index is 608. The van der Waals surface area contributed by atoms with Crippen LogP contribution in [0.15, 0.2) is 0 Å². The Morgan fingerprint density at radius 1 is 0.762 bits per heavy atom. The van der Waals surface area contributed by atoms with Crippen LogP contribution in [0.5, 0.6) is 0 Å². The molecule has 1 aliphatic heterocycles. The van der Waals surface area contributed by atoms with Crippen LogP contribution in [0, 0.1) is 23.3 Å². The first-order valence-electron chi connectivity index (χ1n) is 5.36. The van der Waals surface area contributed by atoms with E-state index in [1.807, 2.05) is 0 Å². The van der Waals surface area contributed by atoms with Gasteiger partial charge in [0, 0.05) is 12.8 Å².